The van der Waals surface area contributed by atoms with Gasteiger partial charge in [0.2, 0.25) is 0 Å². The molecule has 0 N–H and O–H groups in total. The van der Waals surface area contributed by atoms with E-state index in [1.807, 2.05) is 0 Å². The molecular formula is C13H22N2O2S. The Balaban J connectivity index is 3.03. The van der Waals surface area contributed by atoms with Crippen molar-refractivity contribution in [1.29, 1.82) is 0 Å². The third-order valence-corrected chi connectivity index (χ3v) is 3.72. The first-order valence-corrected chi connectivity index (χ1v) is 6.96. The standard InChI is InChI=1S/C13H22N2O2S/c1-6-15(7-8-17-5)12-14-11(13(2,3)4)10(9-16)18-12/h9H,6-8H2,1-5H3. The van der Waals surface area contributed by atoms with Gasteiger partial charge in [-0.2, -0.15) is 0 Å². The number of carbonyl (C=O) groups is 1. The molecule has 102 valence electrons. The summed E-state index contributed by atoms with van der Waals surface area (Å²) >= 11 is 1.46. The maximum absolute atomic E-state index is 11.1. The highest BCUT2D eigenvalue weighted by Crippen LogP contribution is 2.32. The molecule has 0 radical (unpaired) electrons. The van der Waals surface area contributed by atoms with Crippen LogP contribution in [-0.2, 0) is 10.2 Å². The van der Waals surface area contributed by atoms with Gasteiger partial charge in [-0.05, 0) is 6.92 Å². The molecule has 0 atom stereocenters. The van der Waals surface area contributed by atoms with Gasteiger partial charge in [-0.1, -0.05) is 32.1 Å². The van der Waals surface area contributed by atoms with Gasteiger partial charge in [0.25, 0.3) is 0 Å². The van der Waals surface area contributed by atoms with Gasteiger partial charge in [0.05, 0.1) is 17.2 Å². The van der Waals surface area contributed by atoms with Crippen LogP contribution in [0, 0.1) is 0 Å². The normalized spacial score (nSPS) is 11.6. The van der Waals surface area contributed by atoms with Crippen molar-refractivity contribution in [1.82, 2.24) is 4.98 Å². The summed E-state index contributed by atoms with van der Waals surface area (Å²) in [6.07, 6.45) is 0.909. The molecule has 0 aliphatic heterocycles. The average molecular weight is 270 g/mol. The van der Waals surface area contributed by atoms with E-state index < -0.39 is 0 Å². The minimum atomic E-state index is -0.105. The average Bonchev–Trinajstić information content (AvgIpc) is 2.74. The highest BCUT2D eigenvalue weighted by atomic mass is 32.1. The highest BCUT2D eigenvalue weighted by molar-refractivity contribution is 7.17. The summed E-state index contributed by atoms with van der Waals surface area (Å²) in [6, 6.07) is 0. The minimum Gasteiger partial charge on any atom is -0.383 e. The fraction of sp³-hybridized carbons (Fsp3) is 0.692. The molecule has 18 heavy (non-hydrogen) atoms. The Bertz CT molecular complexity index is 396. The number of ether oxygens (including phenoxy) is 1. The SMILES string of the molecule is CCN(CCOC)c1nc(C(C)(C)C)c(C=O)s1. The molecule has 0 saturated heterocycles. The molecule has 0 spiro atoms. The minimum absolute atomic E-state index is 0.105. The Labute approximate surface area is 113 Å². The van der Waals surface area contributed by atoms with E-state index in [9.17, 15) is 4.79 Å². The van der Waals surface area contributed by atoms with Gasteiger partial charge in [0, 0.05) is 25.6 Å². The zero-order valence-corrected chi connectivity index (χ0v) is 12.6. The van der Waals surface area contributed by atoms with E-state index in [1.54, 1.807) is 7.11 Å². The molecule has 0 bridgehead atoms. The van der Waals surface area contributed by atoms with Gasteiger partial charge in [-0.15, -0.1) is 0 Å². The smallest absolute Gasteiger partial charge is 0.186 e. The van der Waals surface area contributed by atoms with E-state index >= 15 is 0 Å². The van der Waals surface area contributed by atoms with Crippen molar-refractivity contribution >= 4 is 22.8 Å². The summed E-state index contributed by atoms with van der Waals surface area (Å²) in [5.74, 6) is 0. The van der Waals surface area contributed by atoms with Crippen molar-refractivity contribution in [3.8, 4) is 0 Å². The Morgan fingerprint density at radius 2 is 2.11 bits per heavy atom. The Hall–Kier alpha value is -0.940. The molecule has 4 nitrogen and oxygen atoms in total. The Morgan fingerprint density at radius 1 is 1.44 bits per heavy atom. The number of methoxy groups -OCH3 is 1. The number of thiazole rings is 1. The van der Waals surface area contributed by atoms with Gasteiger partial charge in [-0.3, -0.25) is 4.79 Å². The molecule has 1 rings (SSSR count). The lowest BCUT2D eigenvalue weighted by atomic mass is 9.91. The molecule has 0 aliphatic carbocycles. The van der Waals surface area contributed by atoms with Crippen molar-refractivity contribution in [3.63, 3.8) is 0 Å². The molecule has 5 heteroatoms. The van der Waals surface area contributed by atoms with Crippen LogP contribution in [0.4, 0.5) is 5.13 Å². The third-order valence-electron chi connectivity index (χ3n) is 2.68. The van der Waals surface area contributed by atoms with E-state index in [1.165, 1.54) is 11.3 Å². The van der Waals surface area contributed by atoms with Crippen LogP contribution in [0.5, 0.6) is 0 Å². The summed E-state index contributed by atoms with van der Waals surface area (Å²) in [7, 11) is 1.69. The van der Waals surface area contributed by atoms with Crippen LogP contribution in [-0.4, -0.2) is 38.1 Å². The van der Waals surface area contributed by atoms with E-state index in [2.05, 4.69) is 37.6 Å². The second kappa shape index (κ2) is 6.29. The van der Waals surface area contributed by atoms with Gasteiger partial charge < -0.3 is 9.64 Å². The van der Waals surface area contributed by atoms with Gasteiger partial charge >= 0.3 is 0 Å². The second-order valence-corrected chi connectivity index (χ2v) is 6.16. The predicted octanol–water partition coefficient (Wildman–Crippen LogP) is 2.73. The largest absolute Gasteiger partial charge is 0.383 e. The fourth-order valence-corrected chi connectivity index (χ4v) is 2.84. The third kappa shape index (κ3) is 3.53. The molecule has 1 heterocycles. The number of carbonyl (C=O) groups excluding carboxylic acids is 1. The monoisotopic (exact) mass is 270 g/mol. The number of nitrogens with zero attached hydrogens (tertiary/aromatic N) is 2. The van der Waals surface area contributed by atoms with Crippen molar-refractivity contribution in [2.24, 2.45) is 0 Å². The molecule has 0 fully saturated rings. The molecule has 0 amide bonds. The van der Waals surface area contributed by atoms with Crippen molar-refractivity contribution in [2.75, 3.05) is 31.7 Å². The predicted molar refractivity (Wildman–Crippen MR) is 76.0 cm³/mol. The number of likely N-dealkylation sites (N-methyl/N-ethyl adjacent to an activating group) is 1. The Morgan fingerprint density at radius 3 is 2.50 bits per heavy atom. The number of aromatic nitrogens is 1. The number of aldehydes is 1. The summed E-state index contributed by atoms with van der Waals surface area (Å²) in [5, 5.41) is 0.904. The zero-order chi connectivity index (χ0) is 13.8. The summed E-state index contributed by atoms with van der Waals surface area (Å²) in [4.78, 5) is 18.6. The highest BCUT2D eigenvalue weighted by Gasteiger charge is 2.24. The van der Waals surface area contributed by atoms with Gasteiger partial charge in [0.15, 0.2) is 11.4 Å². The fourth-order valence-electron chi connectivity index (χ4n) is 1.66. The summed E-state index contributed by atoms with van der Waals surface area (Å²) in [6.45, 7) is 10.6. The van der Waals surface area contributed by atoms with Crippen LogP contribution in [0.15, 0.2) is 0 Å². The number of rotatable bonds is 6. The topological polar surface area (TPSA) is 42.4 Å². The van der Waals surface area contributed by atoms with E-state index in [-0.39, 0.29) is 5.41 Å². The lowest BCUT2D eigenvalue weighted by Crippen LogP contribution is -2.27. The number of anilines is 1. The van der Waals surface area contributed by atoms with Crippen molar-refractivity contribution in [2.45, 2.75) is 33.1 Å². The summed E-state index contributed by atoms with van der Waals surface area (Å²) in [5.41, 5.74) is 0.777. The quantitative estimate of drug-likeness (QED) is 0.745. The van der Waals surface area contributed by atoms with Gasteiger partial charge in [0.1, 0.15) is 0 Å². The van der Waals surface area contributed by atoms with Crippen molar-refractivity contribution in [3.05, 3.63) is 10.6 Å². The zero-order valence-electron chi connectivity index (χ0n) is 11.8. The second-order valence-electron chi connectivity index (χ2n) is 5.15. The lowest BCUT2D eigenvalue weighted by molar-refractivity contribution is 0.112. The summed E-state index contributed by atoms with van der Waals surface area (Å²) < 4.78 is 5.09. The van der Waals surface area contributed by atoms with E-state index in [0.29, 0.717) is 6.61 Å². The molecule has 1 aromatic rings. The van der Waals surface area contributed by atoms with Crippen LogP contribution in [0.25, 0.3) is 0 Å². The van der Waals surface area contributed by atoms with Gasteiger partial charge in [-0.25, -0.2) is 4.98 Å². The van der Waals surface area contributed by atoms with Crippen LogP contribution in [0.2, 0.25) is 0 Å². The first-order valence-electron chi connectivity index (χ1n) is 6.14. The van der Waals surface area contributed by atoms with E-state index in [4.69, 9.17) is 4.74 Å². The van der Waals surface area contributed by atoms with E-state index in [0.717, 1.165) is 35.1 Å². The van der Waals surface area contributed by atoms with Crippen LogP contribution in [0.1, 0.15) is 43.1 Å². The molecule has 1 aromatic heterocycles. The van der Waals surface area contributed by atoms with Crippen LogP contribution < -0.4 is 4.90 Å². The molecule has 0 saturated carbocycles. The van der Waals surface area contributed by atoms with Crippen LogP contribution >= 0.6 is 11.3 Å². The maximum atomic E-state index is 11.1. The van der Waals surface area contributed by atoms with Crippen LogP contribution in [0.3, 0.4) is 0 Å². The maximum Gasteiger partial charge on any atom is 0.186 e. The molecule has 0 unspecified atom stereocenters. The number of hydrogen-bond acceptors (Lipinski definition) is 5. The molecule has 0 aromatic carbocycles. The molecular weight excluding hydrogens is 248 g/mol. The first-order chi connectivity index (χ1) is 8.43. The lowest BCUT2D eigenvalue weighted by Gasteiger charge is -2.20. The number of hydrogen-bond donors (Lipinski definition) is 0. The van der Waals surface area contributed by atoms with Crippen molar-refractivity contribution < 1.29 is 9.53 Å². The first kappa shape index (κ1) is 15.1. The Kier molecular flexibility index (Phi) is 5.28. The molecule has 0 aliphatic rings.